The van der Waals surface area contributed by atoms with Gasteiger partial charge in [0.15, 0.2) is 5.16 Å². The van der Waals surface area contributed by atoms with Crippen molar-refractivity contribution >= 4 is 22.8 Å². The smallest absolute Gasteiger partial charge is 0.169 e. The molecule has 0 radical (unpaired) electrons. The highest BCUT2D eigenvalue weighted by molar-refractivity contribution is 7.99. The van der Waals surface area contributed by atoms with Gasteiger partial charge in [-0.05, 0) is 31.2 Å². The minimum atomic E-state index is -0.537. The summed E-state index contributed by atoms with van der Waals surface area (Å²) in [4.78, 5) is 4.65. The lowest BCUT2D eigenvalue weighted by atomic mass is 10.3. The van der Waals surface area contributed by atoms with E-state index in [-0.39, 0.29) is 6.61 Å². The summed E-state index contributed by atoms with van der Waals surface area (Å²) in [6.45, 7) is 3.25. The van der Waals surface area contributed by atoms with Crippen molar-refractivity contribution in [2.75, 3.05) is 12.4 Å². The van der Waals surface area contributed by atoms with E-state index in [1.54, 1.807) is 11.8 Å². The SMILES string of the molecule is CCn1c(SCC(O)COc2ccccc2)nc2ccccc21. The number of para-hydroxylation sites is 3. The lowest BCUT2D eigenvalue weighted by Gasteiger charge is -2.12. The largest absolute Gasteiger partial charge is 0.491 e. The maximum Gasteiger partial charge on any atom is 0.169 e. The van der Waals surface area contributed by atoms with Gasteiger partial charge in [0.25, 0.3) is 0 Å². The van der Waals surface area contributed by atoms with E-state index in [2.05, 4.69) is 22.5 Å². The quantitative estimate of drug-likeness (QED) is 0.673. The second kappa shape index (κ2) is 7.53. The summed E-state index contributed by atoms with van der Waals surface area (Å²) in [7, 11) is 0. The van der Waals surface area contributed by atoms with Crippen LogP contribution in [0.25, 0.3) is 11.0 Å². The van der Waals surface area contributed by atoms with E-state index in [0.717, 1.165) is 28.5 Å². The van der Waals surface area contributed by atoms with Crippen molar-refractivity contribution < 1.29 is 9.84 Å². The fourth-order valence-electron chi connectivity index (χ4n) is 2.40. The van der Waals surface area contributed by atoms with Crippen molar-refractivity contribution in [3.05, 3.63) is 54.6 Å². The zero-order valence-corrected chi connectivity index (χ0v) is 13.9. The van der Waals surface area contributed by atoms with E-state index in [9.17, 15) is 5.11 Å². The van der Waals surface area contributed by atoms with Gasteiger partial charge in [-0.15, -0.1) is 0 Å². The standard InChI is InChI=1S/C18H20N2O2S/c1-2-20-17-11-7-6-10-16(17)19-18(20)23-13-14(21)12-22-15-8-4-3-5-9-15/h3-11,14,21H,2,12-13H2,1H3. The van der Waals surface area contributed by atoms with Crippen molar-refractivity contribution in [2.24, 2.45) is 0 Å². The van der Waals surface area contributed by atoms with Gasteiger partial charge in [0.1, 0.15) is 12.4 Å². The van der Waals surface area contributed by atoms with Crippen molar-refractivity contribution in [3.63, 3.8) is 0 Å². The van der Waals surface area contributed by atoms with Gasteiger partial charge in [0.05, 0.1) is 17.1 Å². The molecular formula is C18H20N2O2S. The molecule has 0 fully saturated rings. The van der Waals surface area contributed by atoms with E-state index < -0.39 is 6.10 Å². The molecule has 1 unspecified atom stereocenters. The van der Waals surface area contributed by atoms with Gasteiger partial charge >= 0.3 is 0 Å². The summed E-state index contributed by atoms with van der Waals surface area (Å²) in [5.74, 6) is 1.33. The number of fused-ring (bicyclic) bond motifs is 1. The average Bonchev–Trinajstić information content (AvgIpc) is 2.96. The molecule has 5 heteroatoms. The zero-order valence-electron chi connectivity index (χ0n) is 13.1. The first-order valence-corrected chi connectivity index (χ1v) is 8.70. The van der Waals surface area contributed by atoms with Crippen LogP contribution in [-0.2, 0) is 6.54 Å². The summed E-state index contributed by atoms with van der Waals surface area (Å²) >= 11 is 1.56. The Morgan fingerprint density at radius 1 is 1.13 bits per heavy atom. The molecule has 0 amide bonds. The summed E-state index contributed by atoms with van der Waals surface area (Å²) < 4.78 is 7.75. The molecule has 3 rings (SSSR count). The second-order valence-corrected chi connectivity index (χ2v) is 6.20. The number of rotatable bonds is 7. The third-order valence-electron chi connectivity index (χ3n) is 3.53. The average molecular weight is 328 g/mol. The summed E-state index contributed by atoms with van der Waals surface area (Å²) in [5.41, 5.74) is 2.12. The van der Waals surface area contributed by atoms with E-state index >= 15 is 0 Å². The number of aromatic nitrogens is 2. The second-order valence-electron chi connectivity index (χ2n) is 5.22. The van der Waals surface area contributed by atoms with Crippen LogP contribution in [-0.4, -0.2) is 33.1 Å². The van der Waals surface area contributed by atoms with Gasteiger partial charge in [-0.25, -0.2) is 4.98 Å². The highest BCUT2D eigenvalue weighted by atomic mass is 32.2. The Morgan fingerprint density at radius 3 is 2.65 bits per heavy atom. The Kier molecular flexibility index (Phi) is 5.20. The van der Waals surface area contributed by atoms with Crippen LogP contribution in [0.15, 0.2) is 59.8 Å². The molecule has 1 atom stereocenters. The molecule has 0 saturated carbocycles. The third kappa shape index (κ3) is 3.86. The number of aryl methyl sites for hydroxylation is 1. The van der Waals surface area contributed by atoms with Gasteiger partial charge in [0, 0.05) is 12.3 Å². The minimum absolute atomic E-state index is 0.281. The third-order valence-corrected chi connectivity index (χ3v) is 4.65. The molecule has 4 nitrogen and oxygen atoms in total. The molecule has 120 valence electrons. The number of hydrogen-bond donors (Lipinski definition) is 1. The number of nitrogens with zero attached hydrogens (tertiary/aromatic N) is 2. The Labute approximate surface area is 140 Å². The maximum absolute atomic E-state index is 10.1. The number of aliphatic hydroxyl groups is 1. The van der Waals surface area contributed by atoms with Crippen molar-refractivity contribution in [1.29, 1.82) is 0 Å². The van der Waals surface area contributed by atoms with Crippen LogP contribution in [0.3, 0.4) is 0 Å². The van der Waals surface area contributed by atoms with Gasteiger partial charge in [0.2, 0.25) is 0 Å². The monoisotopic (exact) mass is 328 g/mol. The van der Waals surface area contributed by atoms with Crippen LogP contribution < -0.4 is 4.74 Å². The van der Waals surface area contributed by atoms with Crippen molar-refractivity contribution in [2.45, 2.75) is 24.7 Å². The molecule has 1 heterocycles. The van der Waals surface area contributed by atoms with Crippen LogP contribution in [0.5, 0.6) is 5.75 Å². The molecule has 0 aliphatic heterocycles. The fraction of sp³-hybridized carbons (Fsp3) is 0.278. The molecule has 0 spiro atoms. The number of thioether (sulfide) groups is 1. The molecule has 0 bridgehead atoms. The lowest BCUT2D eigenvalue weighted by Crippen LogP contribution is -2.20. The first-order chi connectivity index (χ1) is 11.3. The Bertz CT molecular complexity index is 758. The van der Waals surface area contributed by atoms with E-state index in [1.807, 2.05) is 48.5 Å². The highest BCUT2D eigenvalue weighted by Crippen LogP contribution is 2.24. The van der Waals surface area contributed by atoms with Gasteiger partial charge in [-0.3, -0.25) is 0 Å². The van der Waals surface area contributed by atoms with Gasteiger partial charge in [-0.1, -0.05) is 42.1 Å². The molecule has 1 aromatic heterocycles. The molecule has 2 aromatic carbocycles. The van der Waals surface area contributed by atoms with Crippen LogP contribution in [0.2, 0.25) is 0 Å². The molecule has 1 N–H and O–H groups in total. The van der Waals surface area contributed by atoms with Crippen molar-refractivity contribution in [1.82, 2.24) is 9.55 Å². The summed E-state index contributed by atoms with van der Waals surface area (Å²) in [6.07, 6.45) is -0.537. The van der Waals surface area contributed by atoms with Crippen LogP contribution in [0.1, 0.15) is 6.92 Å². The van der Waals surface area contributed by atoms with Crippen molar-refractivity contribution in [3.8, 4) is 5.75 Å². The molecule has 0 saturated heterocycles. The number of imidazole rings is 1. The molecular weight excluding hydrogens is 308 g/mol. The highest BCUT2D eigenvalue weighted by Gasteiger charge is 2.12. The van der Waals surface area contributed by atoms with Crippen LogP contribution >= 0.6 is 11.8 Å². The number of ether oxygens (including phenoxy) is 1. The number of benzene rings is 2. The Balaban J connectivity index is 1.59. The minimum Gasteiger partial charge on any atom is -0.491 e. The Hall–Kier alpha value is -1.98. The van der Waals surface area contributed by atoms with E-state index in [4.69, 9.17) is 4.74 Å². The zero-order chi connectivity index (χ0) is 16.1. The predicted octanol–water partition coefficient (Wildman–Crippen LogP) is 3.59. The number of aliphatic hydroxyl groups excluding tert-OH is 1. The normalized spacial score (nSPS) is 12.4. The summed E-state index contributed by atoms with van der Waals surface area (Å²) in [6, 6.07) is 17.6. The molecule has 0 aliphatic rings. The molecule has 23 heavy (non-hydrogen) atoms. The lowest BCUT2D eigenvalue weighted by molar-refractivity contribution is 0.126. The topological polar surface area (TPSA) is 47.3 Å². The molecule has 3 aromatic rings. The van der Waals surface area contributed by atoms with Crippen LogP contribution in [0.4, 0.5) is 0 Å². The van der Waals surface area contributed by atoms with Gasteiger partial charge in [-0.2, -0.15) is 0 Å². The maximum atomic E-state index is 10.1. The number of hydrogen-bond acceptors (Lipinski definition) is 4. The molecule has 0 aliphatic carbocycles. The van der Waals surface area contributed by atoms with E-state index in [1.165, 1.54) is 0 Å². The summed E-state index contributed by atoms with van der Waals surface area (Å²) in [5, 5.41) is 11.1. The predicted molar refractivity (Wildman–Crippen MR) is 94.1 cm³/mol. The van der Waals surface area contributed by atoms with Gasteiger partial charge < -0.3 is 14.4 Å². The van der Waals surface area contributed by atoms with E-state index in [0.29, 0.717) is 5.75 Å². The first kappa shape index (κ1) is 15.9. The Morgan fingerprint density at radius 2 is 1.87 bits per heavy atom. The fourth-order valence-corrected chi connectivity index (χ4v) is 3.38. The first-order valence-electron chi connectivity index (χ1n) is 7.72. The van der Waals surface area contributed by atoms with Crippen LogP contribution in [0, 0.1) is 0 Å².